The molecule has 0 spiro atoms. The molecule has 0 fully saturated rings. The van der Waals surface area contributed by atoms with Crippen LogP contribution in [0.25, 0.3) is 0 Å². The lowest BCUT2D eigenvalue weighted by molar-refractivity contribution is 0.117. The van der Waals surface area contributed by atoms with Gasteiger partial charge in [0.1, 0.15) is 11.0 Å². The van der Waals surface area contributed by atoms with Gasteiger partial charge in [0.15, 0.2) is 0 Å². The van der Waals surface area contributed by atoms with Crippen LogP contribution in [-0.2, 0) is 11.2 Å². The quantitative estimate of drug-likeness (QED) is 0.761. The Morgan fingerprint density at radius 1 is 1.25 bits per heavy atom. The van der Waals surface area contributed by atoms with Crippen LogP contribution in [0.15, 0.2) is 0 Å². The molecule has 90 valence electrons. The summed E-state index contributed by atoms with van der Waals surface area (Å²) in [4.78, 5) is 8.79. The van der Waals surface area contributed by atoms with Gasteiger partial charge in [0.25, 0.3) is 0 Å². The van der Waals surface area contributed by atoms with Gasteiger partial charge in [-0.2, -0.15) is 0 Å². The second kappa shape index (κ2) is 5.60. The zero-order valence-electron chi connectivity index (χ0n) is 10.5. The van der Waals surface area contributed by atoms with Crippen LogP contribution in [0.3, 0.4) is 0 Å². The number of hydrogen-bond donors (Lipinski definition) is 0. The maximum absolute atomic E-state index is 6.16. The van der Waals surface area contributed by atoms with Crippen LogP contribution in [0, 0.1) is 6.92 Å². The average molecular weight is 243 g/mol. The van der Waals surface area contributed by atoms with Gasteiger partial charge in [-0.25, -0.2) is 9.97 Å². The molecule has 0 aromatic carbocycles. The number of rotatable bonds is 4. The van der Waals surface area contributed by atoms with Crippen molar-refractivity contribution in [3.05, 3.63) is 22.2 Å². The zero-order chi connectivity index (χ0) is 12.3. The van der Waals surface area contributed by atoms with E-state index in [0.29, 0.717) is 17.5 Å². The molecule has 0 amide bonds. The van der Waals surface area contributed by atoms with Crippen LogP contribution in [0.4, 0.5) is 0 Å². The number of halogens is 1. The second-order valence-corrected chi connectivity index (χ2v) is 4.69. The first-order valence-electron chi connectivity index (χ1n) is 5.51. The highest BCUT2D eigenvalue weighted by molar-refractivity contribution is 6.30. The van der Waals surface area contributed by atoms with E-state index in [0.717, 1.165) is 17.1 Å². The second-order valence-electron chi connectivity index (χ2n) is 4.33. The van der Waals surface area contributed by atoms with Crippen LogP contribution < -0.4 is 0 Å². The van der Waals surface area contributed by atoms with E-state index in [2.05, 4.69) is 23.8 Å². The number of hydrogen-bond acceptors (Lipinski definition) is 3. The van der Waals surface area contributed by atoms with Crippen LogP contribution in [0.5, 0.6) is 0 Å². The van der Waals surface area contributed by atoms with Gasteiger partial charge in [-0.3, -0.25) is 0 Å². The summed E-state index contributed by atoms with van der Waals surface area (Å²) >= 11 is 6.16. The molecule has 3 nitrogen and oxygen atoms in total. The predicted octanol–water partition coefficient (Wildman–Crippen LogP) is 3.14. The van der Waals surface area contributed by atoms with Crippen LogP contribution in [-0.4, -0.2) is 23.2 Å². The summed E-state index contributed by atoms with van der Waals surface area (Å²) in [5, 5.41) is 0.570. The van der Waals surface area contributed by atoms with Crippen molar-refractivity contribution in [3.8, 4) is 0 Å². The molecular weight excluding hydrogens is 224 g/mol. The van der Waals surface area contributed by atoms with Gasteiger partial charge in [0, 0.05) is 24.8 Å². The highest BCUT2D eigenvalue weighted by Gasteiger charge is 2.14. The van der Waals surface area contributed by atoms with Crippen molar-refractivity contribution in [2.75, 3.05) is 7.11 Å². The first-order valence-corrected chi connectivity index (χ1v) is 5.89. The number of ether oxygens (including phenoxy) is 1. The first kappa shape index (κ1) is 13.4. The maximum atomic E-state index is 6.16. The molecule has 16 heavy (non-hydrogen) atoms. The Bertz CT molecular complexity index is 343. The van der Waals surface area contributed by atoms with Gasteiger partial charge in [0.05, 0.1) is 6.10 Å². The molecule has 1 atom stereocenters. The van der Waals surface area contributed by atoms with E-state index in [1.165, 1.54) is 0 Å². The third-order valence-electron chi connectivity index (χ3n) is 2.59. The molecule has 0 saturated carbocycles. The van der Waals surface area contributed by atoms with Crippen molar-refractivity contribution in [2.45, 2.75) is 46.1 Å². The zero-order valence-corrected chi connectivity index (χ0v) is 11.3. The smallest absolute Gasteiger partial charge is 0.136 e. The normalized spacial score (nSPS) is 13.2. The molecule has 0 N–H and O–H groups in total. The number of nitrogens with zero attached hydrogens (tertiary/aromatic N) is 2. The fraction of sp³-hybridized carbons (Fsp3) is 0.667. The molecule has 4 heteroatoms. The van der Waals surface area contributed by atoms with Crippen molar-refractivity contribution in [1.29, 1.82) is 0 Å². The van der Waals surface area contributed by atoms with Gasteiger partial charge >= 0.3 is 0 Å². The lowest BCUT2D eigenvalue weighted by Crippen LogP contribution is -2.13. The van der Waals surface area contributed by atoms with E-state index in [-0.39, 0.29) is 6.10 Å². The van der Waals surface area contributed by atoms with Crippen molar-refractivity contribution in [1.82, 2.24) is 9.97 Å². The molecule has 1 aromatic heterocycles. The third kappa shape index (κ3) is 3.16. The lowest BCUT2D eigenvalue weighted by Gasteiger charge is -2.14. The highest BCUT2D eigenvalue weighted by atomic mass is 35.5. The van der Waals surface area contributed by atoms with Gasteiger partial charge in [-0.1, -0.05) is 25.4 Å². The topological polar surface area (TPSA) is 35.0 Å². The minimum Gasteiger partial charge on any atom is -0.381 e. The summed E-state index contributed by atoms with van der Waals surface area (Å²) in [6.07, 6.45) is 0.801. The van der Waals surface area contributed by atoms with Gasteiger partial charge in [0.2, 0.25) is 0 Å². The molecule has 0 aliphatic rings. The standard InChI is InChI=1S/C12H19ClN2O/c1-7(2)11-9(4)14-10(15-12(11)13)6-8(3)16-5/h7-8H,6H2,1-5H3. The summed E-state index contributed by atoms with van der Waals surface area (Å²) in [6, 6.07) is 0. The number of methoxy groups -OCH3 is 1. The largest absolute Gasteiger partial charge is 0.381 e. The molecule has 0 radical (unpaired) electrons. The molecule has 0 aliphatic heterocycles. The van der Waals surface area contributed by atoms with E-state index in [1.807, 2.05) is 13.8 Å². The third-order valence-corrected chi connectivity index (χ3v) is 2.87. The molecule has 0 bridgehead atoms. The van der Waals surface area contributed by atoms with E-state index >= 15 is 0 Å². The molecule has 1 heterocycles. The maximum Gasteiger partial charge on any atom is 0.136 e. The number of aryl methyl sites for hydroxylation is 1. The predicted molar refractivity (Wildman–Crippen MR) is 66.0 cm³/mol. The monoisotopic (exact) mass is 242 g/mol. The Balaban J connectivity index is 3.00. The summed E-state index contributed by atoms with van der Waals surface area (Å²) in [5.41, 5.74) is 2.00. The summed E-state index contributed by atoms with van der Waals surface area (Å²) in [7, 11) is 1.68. The highest BCUT2D eigenvalue weighted by Crippen LogP contribution is 2.25. The fourth-order valence-corrected chi connectivity index (χ4v) is 2.14. The van der Waals surface area contributed by atoms with Crippen molar-refractivity contribution >= 4 is 11.6 Å². The van der Waals surface area contributed by atoms with Crippen LogP contribution >= 0.6 is 11.6 Å². The van der Waals surface area contributed by atoms with Crippen LogP contribution in [0.2, 0.25) is 5.15 Å². The Hall–Kier alpha value is -0.670. The first-order chi connectivity index (χ1) is 7.45. The van der Waals surface area contributed by atoms with Gasteiger partial charge in [-0.15, -0.1) is 0 Å². The summed E-state index contributed by atoms with van der Waals surface area (Å²) in [5.74, 6) is 1.10. The average Bonchev–Trinajstić information content (AvgIpc) is 2.15. The van der Waals surface area contributed by atoms with E-state index in [1.54, 1.807) is 7.11 Å². The minimum atomic E-state index is 0.111. The van der Waals surface area contributed by atoms with Crippen LogP contribution in [0.1, 0.15) is 43.8 Å². The summed E-state index contributed by atoms with van der Waals surface area (Å²) < 4.78 is 5.19. The van der Waals surface area contributed by atoms with Gasteiger partial charge < -0.3 is 4.74 Å². The van der Waals surface area contributed by atoms with Crippen molar-refractivity contribution in [2.24, 2.45) is 0 Å². The minimum absolute atomic E-state index is 0.111. The molecule has 1 rings (SSSR count). The molecular formula is C12H19ClN2O. The van der Waals surface area contributed by atoms with E-state index in [4.69, 9.17) is 16.3 Å². The molecule has 1 unspecified atom stereocenters. The van der Waals surface area contributed by atoms with Crippen molar-refractivity contribution < 1.29 is 4.74 Å². The number of aromatic nitrogens is 2. The lowest BCUT2D eigenvalue weighted by atomic mass is 10.0. The van der Waals surface area contributed by atoms with E-state index in [9.17, 15) is 0 Å². The summed E-state index contributed by atoms with van der Waals surface area (Å²) in [6.45, 7) is 8.15. The Labute approximate surface area is 102 Å². The molecule has 1 aromatic rings. The van der Waals surface area contributed by atoms with Crippen molar-refractivity contribution in [3.63, 3.8) is 0 Å². The molecule has 0 saturated heterocycles. The van der Waals surface area contributed by atoms with Gasteiger partial charge in [-0.05, 0) is 19.8 Å². The van der Waals surface area contributed by atoms with E-state index < -0.39 is 0 Å². The Morgan fingerprint density at radius 3 is 2.31 bits per heavy atom. The SMILES string of the molecule is COC(C)Cc1nc(C)c(C(C)C)c(Cl)n1. The molecule has 0 aliphatic carbocycles. The Morgan fingerprint density at radius 2 is 1.88 bits per heavy atom. The Kier molecular flexibility index (Phi) is 4.69. The fourth-order valence-electron chi connectivity index (χ4n) is 1.69.